The van der Waals surface area contributed by atoms with Crippen LogP contribution in [0.1, 0.15) is 40.0 Å². The topological polar surface area (TPSA) is 35.5 Å². The van der Waals surface area contributed by atoms with Gasteiger partial charge in [-0.25, -0.2) is 0 Å². The van der Waals surface area contributed by atoms with E-state index >= 15 is 0 Å². The molecule has 0 radical (unpaired) electrons. The molecule has 0 aliphatic heterocycles. The molecule has 0 aromatic heterocycles. The smallest absolute Gasteiger partial charge is 0.119 e. The minimum atomic E-state index is -1.89. The van der Waals surface area contributed by atoms with E-state index in [1.54, 1.807) is 0 Å². The van der Waals surface area contributed by atoms with Crippen molar-refractivity contribution in [1.29, 1.82) is 0 Å². The predicted molar refractivity (Wildman–Crippen MR) is 49.3 cm³/mol. The van der Waals surface area contributed by atoms with Crippen LogP contribution in [0.25, 0.3) is 0 Å². The van der Waals surface area contributed by atoms with Crippen LogP contribution in [-0.4, -0.2) is 12.7 Å². The van der Waals surface area contributed by atoms with E-state index in [0.717, 1.165) is 19.3 Å². The Balaban J connectivity index is 0. The van der Waals surface area contributed by atoms with Crippen LogP contribution in [0.4, 0.5) is 0 Å². The zero-order chi connectivity index (χ0) is 9.40. The molecule has 0 aliphatic rings. The van der Waals surface area contributed by atoms with E-state index in [2.05, 4.69) is 6.92 Å². The van der Waals surface area contributed by atoms with Gasteiger partial charge in [-0.2, -0.15) is 0 Å². The molecule has 0 bridgehead atoms. The summed E-state index contributed by atoms with van der Waals surface area (Å²) in [6, 6.07) is 0. The van der Waals surface area contributed by atoms with Gasteiger partial charge < -0.3 is 0 Å². The average molecular weight is 259 g/mol. The molecule has 3 nitrogen and oxygen atoms in total. The second-order valence-corrected chi connectivity index (χ2v) is 3.83. The molecule has 0 rings (SSSR count). The van der Waals surface area contributed by atoms with Gasteiger partial charge in [0.1, 0.15) is 12.7 Å². The van der Waals surface area contributed by atoms with Gasteiger partial charge in [-0.1, -0.05) is 19.8 Å². The fourth-order valence-electron chi connectivity index (χ4n) is 0.694. The van der Waals surface area contributed by atoms with E-state index in [9.17, 15) is 4.57 Å². The van der Waals surface area contributed by atoms with Gasteiger partial charge in [0.2, 0.25) is 0 Å². The molecule has 1 unspecified atom stereocenters. The van der Waals surface area contributed by atoms with Crippen molar-refractivity contribution < 1.29 is 33.1 Å². The molecule has 5 heteroatoms. The molecule has 0 aliphatic carbocycles. The first kappa shape index (κ1) is 16.1. The molecular formula is C8H18O3PZn+. The van der Waals surface area contributed by atoms with Gasteiger partial charge in [0, 0.05) is 24.0 Å². The number of rotatable bonds is 7. The van der Waals surface area contributed by atoms with Gasteiger partial charge in [0.05, 0.1) is 0 Å². The van der Waals surface area contributed by atoms with Crippen LogP contribution in [0.5, 0.6) is 0 Å². The number of unbranched alkanes of at least 4 members (excludes halogenated alkanes) is 2. The van der Waals surface area contributed by atoms with Crippen LogP contribution in [0.2, 0.25) is 0 Å². The van der Waals surface area contributed by atoms with Crippen LogP contribution >= 0.6 is 8.25 Å². The van der Waals surface area contributed by atoms with Gasteiger partial charge in [-0.05, 0) is 20.3 Å². The first-order chi connectivity index (χ1) is 5.66. The Bertz CT molecular complexity index is 131. The molecule has 0 heterocycles. The SMILES string of the molecule is CCCCCO[P+](=O)OC(C)C.[Zn]. The summed E-state index contributed by atoms with van der Waals surface area (Å²) in [5, 5.41) is 0. The third-order valence-corrected chi connectivity index (χ3v) is 2.23. The van der Waals surface area contributed by atoms with Crippen LogP contribution < -0.4 is 0 Å². The van der Waals surface area contributed by atoms with E-state index in [1.807, 2.05) is 13.8 Å². The normalized spacial score (nSPS) is 11.2. The fraction of sp³-hybridized carbons (Fsp3) is 1.00. The molecule has 74 valence electrons. The maximum absolute atomic E-state index is 10.9. The Morgan fingerprint density at radius 1 is 1.31 bits per heavy atom. The van der Waals surface area contributed by atoms with Crippen molar-refractivity contribution in [3.8, 4) is 0 Å². The molecule has 0 spiro atoms. The van der Waals surface area contributed by atoms with Gasteiger partial charge in [-0.15, -0.1) is 9.05 Å². The third kappa shape index (κ3) is 12.6. The number of hydrogen-bond donors (Lipinski definition) is 0. The Kier molecular flexibility index (Phi) is 13.3. The molecule has 0 fully saturated rings. The van der Waals surface area contributed by atoms with Crippen LogP contribution in [0, 0.1) is 0 Å². The van der Waals surface area contributed by atoms with Gasteiger partial charge in [-0.3, -0.25) is 0 Å². The van der Waals surface area contributed by atoms with Crippen LogP contribution in [0.15, 0.2) is 0 Å². The summed E-state index contributed by atoms with van der Waals surface area (Å²) < 4.78 is 20.8. The van der Waals surface area contributed by atoms with E-state index in [1.165, 1.54) is 0 Å². The summed E-state index contributed by atoms with van der Waals surface area (Å²) in [6.45, 7) is 6.33. The maximum atomic E-state index is 10.9. The van der Waals surface area contributed by atoms with Crippen molar-refractivity contribution in [3.63, 3.8) is 0 Å². The van der Waals surface area contributed by atoms with Crippen molar-refractivity contribution in [2.24, 2.45) is 0 Å². The second kappa shape index (κ2) is 10.7. The third-order valence-electron chi connectivity index (χ3n) is 1.24. The summed E-state index contributed by atoms with van der Waals surface area (Å²) in [5.41, 5.74) is 0. The molecule has 1 atom stereocenters. The summed E-state index contributed by atoms with van der Waals surface area (Å²) in [7, 11) is -1.89. The largest absolute Gasteiger partial charge is 0.697 e. The minimum absolute atomic E-state index is 0. The summed E-state index contributed by atoms with van der Waals surface area (Å²) in [5.74, 6) is 0. The number of hydrogen-bond acceptors (Lipinski definition) is 3. The summed E-state index contributed by atoms with van der Waals surface area (Å²) in [4.78, 5) is 0. The van der Waals surface area contributed by atoms with Crippen molar-refractivity contribution in [2.75, 3.05) is 6.61 Å². The van der Waals surface area contributed by atoms with E-state index in [0.29, 0.717) is 6.61 Å². The van der Waals surface area contributed by atoms with Crippen LogP contribution in [0.3, 0.4) is 0 Å². The Hall–Kier alpha value is 0.643. The first-order valence-corrected chi connectivity index (χ1v) is 5.53. The Morgan fingerprint density at radius 2 is 1.92 bits per heavy atom. The van der Waals surface area contributed by atoms with Crippen molar-refractivity contribution >= 4 is 8.25 Å². The molecule has 0 aromatic rings. The van der Waals surface area contributed by atoms with E-state index in [-0.39, 0.29) is 25.6 Å². The molecule has 0 saturated heterocycles. The van der Waals surface area contributed by atoms with E-state index < -0.39 is 8.25 Å². The second-order valence-electron chi connectivity index (χ2n) is 2.92. The average Bonchev–Trinajstić information content (AvgIpc) is 1.97. The quantitative estimate of drug-likeness (QED) is 0.399. The summed E-state index contributed by atoms with van der Waals surface area (Å²) in [6.07, 6.45) is 3.19. The molecule has 0 amide bonds. The van der Waals surface area contributed by atoms with Gasteiger partial charge in [0.15, 0.2) is 0 Å². The van der Waals surface area contributed by atoms with Crippen molar-refractivity contribution in [2.45, 2.75) is 46.1 Å². The Morgan fingerprint density at radius 3 is 2.38 bits per heavy atom. The van der Waals surface area contributed by atoms with Crippen LogP contribution in [-0.2, 0) is 33.1 Å². The molecule has 0 N–H and O–H groups in total. The van der Waals surface area contributed by atoms with E-state index in [4.69, 9.17) is 9.05 Å². The first-order valence-electron chi connectivity index (χ1n) is 4.43. The summed E-state index contributed by atoms with van der Waals surface area (Å²) >= 11 is 0. The molecular weight excluding hydrogens is 240 g/mol. The zero-order valence-electron chi connectivity index (χ0n) is 8.78. The molecule has 13 heavy (non-hydrogen) atoms. The van der Waals surface area contributed by atoms with Crippen molar-refractivity contribution in [1.82, 2.24) is 0 Å². The van der Waals surface area contributed by atoms with Crippen molar-refractivity contribution in [3.05, 3.63) is 0 Å². The predicted octanol–water partition coefficient (Wildman–Crippen LogP) is 3.27. The molecule has 0 saturated carbocycles. The zero-order valence-corrected chi connectivity index (χ0v) is 12.6. The monoisotopic (exact) mass is 257 g/mol. The maximum Gasteiger partial charge on any atom is 0.697 e. The minimum Gasteiger partial charge on any atom is -0.119 e. The fourth-order valence-corrected chi connectivity index (χ4v) is 1.38. The standard InChI is InChI=1S/C8H18O3P.Zn/c1-4-5-6-7-10-12(9)11-8(2)3;/h8H,4-7H2,1-3H3;/q+1;. The Labute approximate surface area is 94.3 Å². The van der Waals surface area contributed by atoms with Gasteiger partial charge >= 0.3 is 8.25 Å². The molecule has 0 aromatic carbocycles. The van der Waals surface area contributed by atoms with Gasteiger partial charge in [0.25, 0.3) is 0 Å².